The first-order valence-corrected chi connectivity index (χ1v) is 3.83. The van der Waals surface area contributed by atoms with E-state index in [1.54, 1.807) is 12.4 Å². The molecule has 0 aromatic carbocycles. The maximum absolute atomic E-state index is 11.0. The normalized spacial score (nSPS) is 9.55. The van der Waals surface area contributed by atoms with Gasteiger partial charge in [-0.1, -0.05) is 22.5 Å². The number of halogens is 1. The van der Waals surface area contributed by atoms with Crippen LogP contribution in [-0.4, -0.2) is 9.55 Å². The van der Waals surface area contributed by atoms with Gasteiger partial charge in [-0.2, -0.15) is 0 Å². The largest absolute Gasteiger partial charge is 0.308 e. The molecule has 0 radical (unpaired) electrons. The van der Waals surface area contributed by atoms with Crippen LogP contribution in [0.2, 0.25) is 0 Å². The van der Waals surface area contributed by atoms with E-state index in [-0.39, 0.29) is 5.56 Å². The molecule has 58 valence electrons. The van der Waals surface area contributed by atoms with Gasteiger partial charge in [0.05, 0.1) is 12.7 Å². The van der Waals surface area contributed by atoms with Gasteiger partial charge in [0.25, 0.3) is 5.56 Å². The van der Waals surface area contributed by atoms with E-state index >= 15 is 0 Å². The minimum Gasteiger partial charge on any atom is -0.308 e. The molecule has 0 saturated heterocycles. The summed E-state index contributed by atoms with van der Waals surface area (Å²) < 4.78 is 2.29. The van der Waals surface area contributed by atoms with Gasteiger partial charge in [0.2, 0.25) is 0 Å². The van der Waals surface area contributed by atoms with Crippen LogP contribution in [0.4, 0.5) is 0 Å². The van der Waals surface area contributed by atoms with Crippen LogP contribution in [-0.2, 0) is 6.54 Å². The molecule has 0 bridgehead atoms. The Balaban J connectivity index is 2.95. The van der Waals surface area contributed by atoms with E-state index in [1.807, 2.05) is 0 Å². The second kappa shape index (κ2) is 3.48. The van der Waals surface area contributed by atoms with Crippen LogP contribution in [0.3, 0.4) is 0 Å². The number of nitrogens with zero attached hydrogens (tertiary/aromatic N) is 2. The zero-order valence-electron chi connectivity index (χ0n) is 5.83. The van der Waals surface area contributed by atoms with Crippen LogP contribution in [0.25, 0.3) is 0 Å². The fourth-order valence-electron chi connectivity index (χ4n) is 0.689. The average molecular weight is 215 g/mol. The van der Waals surface area contributed by atoms with Gasteiger partial charge in [-0.25, -0.2) is 0 Å². The van der Waals surface area contributed by atoms with Crippen molar-refractivity contribution in [2.24, 2.45) is 0 Å². The lowest BCUT2D eigenvalue weighted by molar-refractivity contribution is 0.762. The highest BCUT2D eigenvalue weighted by Crippen LogP contribution is 2.01. The van der Waals surface area contributed by atoms with E-state index in [0.717, 1.165) is 4.48 Å². The highest BCUT2D eigenvalue weighted by Gasteiger charge is 1.93. The average Bonchev–Trinajstić information content (AvgIpc) is 1.93. The molecule has 3 nitrogen and oxygen atoms in total. The summed E-state index contributed by atoms with van der Waals surface area (Å²) in [6.07, 6.45) is 4.46. The van der Waals surface area contributed by atoms with Gasteiger partial charge < -0.3 is 4.57 Å². The van der Waals surface area contributed by atoms with Gasteiger partial charge in [0.1, 0.15) is 0 Å². The number of hydrogen-bond acceptors (Lipinski definition) is 2. The minimum absolute atomic E-state index is 0.117. The molecule has 1 aromatic rings. The van der Waals surface area contributed by atoms with Crippen molar-refractivity contribution in [1.82, 2.24) is 9.55 Å². The van der Waals surface area contributed by atoms with Crippen molar-refractivity contribution in [3.8, 4) is 0 Å². The summed E-state index contributed by atoms with van der Waals surface area (Å²) >= 11 is 3.17. The Bertz CT molecular complexity index is 318. The van der Waals surface area contributed by atoms with E-state index < -0.39 is 0 Å². The van der Waals surface area contributed by atoms with Crippen molar-refractivity contribution in [2.45, 2.75) is 6.54 Å². The number of hydrogen-bond donors (Lipinski definition) is 0. The maximum atomic E-state index is 11.0. The van der Waals surface area contributed by atoms with Crippen LogP contribution in [0.1, 0.15) is 0 Å². The third-order valence-corrected chi connectivity index (χ3v) is 1.39. The van der Waals surface area contributed by atoms with Gasteiger partial charge in [0.15, 0.2) is 0 Å². The standard InChI is InChI=1S/C7H7BrN2O/c1-6(8)5-10-3-2-9-4-7(10)11/h2-4H,1,5H2. The Labute approximate surface area is 72.5 Å². The molecule has 1 rings (SSSR count). The number of allylic oxidation sites excluding steroid dienone is 1. The Kier molecular flexibility index (Phi) is 2.59. The number of aromatic nitrogens is 2. The molecular formula is C7H7BrN2O. The van der Waals surface area contributed by atoms with Gasteiger partial charge in [-0.05, 0) is 0 Å². The van der Waals surface area contributed by atoms with Gasteiger partial charge in [-0.3, -0.25) is 9.78 Å². The molecule has 0 saturated carbocycles. The van der Waals surface area contributed by atoms with Crippen molar-refractivity contribution in [1.29, 1.82) is 0 Å². The van der Waals surface area contributed by atoms with E-state index in [2.05, 4.69) is 27.5 Å². The Hall–Kier alpha value is -0.900. The fraction of sp³-hybridized carbons (Fsp3) is 0.143. The monoisotopic (exact) mass is 214 g/mol. The Morgan fingerprint density at radius 1 is 1.82 bits per heavy atom. The van der Waals surface area contributed by atoms with Gasteiger partial charge in [-0.15, -0.1) is 0 Å². The predicted molar refractivity (Wildman–Crippen MR) is 46.6 cm³/mol. The van der Waals surface area contributed by atoms with Gasteiger partial charge in [0, 0.05) is 16.9 Å². The summed E-state index contributed by atoms with van der Waals surface area (Å²) in [5.74, 6) is 0. The Morgan fingerprint density at radius 3 is 3.09 bits per heavy atom. The van der Waals surface area contributed by atoms with E-state index in [0.29, 0.717) is 6.54 Å². The fourth-order valence-corrected chi connectivity index (χ4v) is 0.959. The van der Waals surface area contributed by atoms with Gasteiger partial charge >= 0.3 is 0 Å². The maximum Gasteiger partial charge on any atom is 0.269 e. The second-order valence-corrected chi connectivity index (χ2v) is 3.18. The molecule has 4 heteroatoms. The summed E-state index contributed by atoms with van der Waals surface area (Å²) in [6.45, 7) is 4.12. The molecule has 1 aromatic heterocycles. The number of rotatable bonds is 2. The van der Waals surface area contributed by atoms with Crippen molar-refractivity contribution < 1.29 is 0 Å². The zero-order valence-corrected chi connectivity index (χ0v) is 7.41. The lowest BCUT2D eigenvalue weighted by atomic mass is 10.5. The smallest absolute Gasteiger partial charge is 0.269 e. The highest BCUT2D eigenvalue weighted by molar-refractivity contribution is 9.11. The molecule has 0 amide bonds. The zero-order chi connectivity index (χ0) is 8.27. The lowest BCUT2D eigenvalue weighted by Gasteiger charge is -2.00. The first kappa shape index (κ1) is 8.20. The molecule has 0 atom stereocenters. The molecule has 11 heavy (non-hydrogen) atoms. The third-order valence-electron chi connectivity index (χ3n) is 1.14. The summed E-state index contributed by atoms with van der Waals surface area (Å²) in [5, 5.41) is 0. The van der Waals surface area contributed by atoms with Crippen molar-refractivity contribution in [2.75, 3.05) is 0 Å². The first-order chi connectivity index (χ1) is 5.20. The molecule has 0 N–H and O–H groups in total. The summed E-state index contributed by atoms with van der Waals surface area (Å²) in [7, 11) is 0. The van der Waals surface area contributed by atoms with Crippen molar-refractivity contribution in [3.05, 3.63) is 40.0 Å². The van der Waals surface area contributed by atoms with Crippen LogP contribution >= 0.6 is 15.9 Å². The Morgan fingerprint density at radius 2 is 2.55 bits per heavy atom. The molecule has 0 unspecified atom stereocenters. The topological polar surface area (TPSA) is 34.9 Å². The summed E-state index contributed by atoms with van der Waals surface area (Å²) in [4.78, 5) is 14.7. The minimum atomic E-state index is -0.117. The molecular weight excluding hydrogens is 208 g/mol. The predicted octanol–water partition coefficient (Wildman–Crippen LogP) is 1.15. The second-order valence-electron chi connectivity index (χ2n) is 2.06. The molecule has 0 aliphatic rings. The van der Waals surface area contributed by atoms with Crippen molar-refractivity contribution in [3.63, 3.8) is 0 Å². The molecule has 1 heterocycles. The van der Waals surface area contributed by atoms with E-state index in [4.69, 9.17) is 0 Å². The van der Waals surface area contributed by atoms with Crippen LogP contribution in [0.5, 0.6) is 0 Å². The van der Waals surface area contributed by atoms with Crippen LogP contribution in [0, 0.1) is 0 Å². The van der Waals surface area contributed by atoms with E-state index in [9.17, 15) is 4.79 Å². The highest BCUT2D eigenvalue weighted by atomic mass is 79.9. The first-order valence-electron chi connectivity index (χ1n) is 3.04. The SMILES string of the molecule is C=C(Br)Cn1ccncc1=O. The lowest BCUT2D eigenvalue weighted by Crippen LogP contribution is -2.18. The molecule has 0 spiro atoms. The van der Waals surface area contributed by atoms with Crippen molar-refractivity contribution >= 4 is 15.9 Å². The molecule has 0 aliphatic carbocycles. The quantitative estimate of drug-likeness (QED) is 0.741. The van der Waals surface area contributed by atoms with Crippen LogP contribution < -0.4 is 5.56 Å². The van der Waals surface area contributed by atoms with Crippen LogP contribution in [0.15, 0.2) is 34.4 Å². The summed E-state index contributed by atoms with van der Waals surface area (Å²) in [5.41, 5.74) is -0.117. The third kappa shape index (κ3) is 2.31. The summed E-state index contributed by atoms with van der Waals surface area (Å²) in [6, 6.07) is 0. The molecule has 0 aliphatic heterocycles. The van der Waals surface area contributed by atoms with E-state index in [1.165, 1.54) is 10.8 Å². The molecule has 0 fully saturated rings.